The lowest BCUT2D eigenvalue weighted by Gasteiger charge is -2.25. The van der Waals surface area contributed by atoms with Crippen LogP contribution >= 0.6 is 27.7 Å². The van der Waals surface area contributed by atoms with Gasteiger partial charge in [-0.25, -0.2) is 4.79 Å². The highest BCUT2D eigenvalue weighted by Crippen LogP contribution is 2.34. The number of benzene rings is 1. The summed E-state index contributed by atoms with van der Waals surface area (Å²) in [5, 5.41) is 10.6. The van der Waals surface area contributed by atoms with Crippen molar-refractivity contribution < 1.29 is 4.42 Å². The molecule has 0 aliphatic heterocycles. The summed E-state index contributed by atoms with van der Waals surface area (Å²) in [7, 11) is 0. The second kappa shape index (κ2) is 7.56. The number of aryl methyl sites for hydroxylation is 1. The lowest BCUT2D eigenvalue weighted by molar-refractivity contribution is 0.332. The maximum Gasteiger partial charge on any atom is 0.336 e. The van der Waals surface area contributed by atoms with Gasteiger partial charge in [0.05, 0.1) is 0 Å². The van der Waals surface area contributed by atoms with E-state index in [1.54, 1.807) is 17.8 Å². The fourth-order valence-corrected chi connectivity index (χ4v) is 5.06. The molecule has 1 aromatic carbocycles. The third kappa shape index (κ3) is 3.60. The molecule has 1 aliphatic carbocycles. The summed E-state index contributed by atoms with van der Waals surface area (Å²) >= 11 is 5.06. The Bertz CT molecular complexity index is 992. The Balaban J connectivity index is 1.62. The molecule has 3 aromatic rings. The first-order valence-electron chi connectivity index (χ1n) is 8.88. The van der Waals surface area contributed by atoms with Gasteiger partial charge in [-0.15, -0.1) is 10.2 Å². The van der Waals surface area contributed by atoms with E-state index < -0.39 is 0 Å². The average Bonchev–Trinajstić information content (AvgIpc) is 3.00. The van der Waals surface area contributed by atoms with Crippen LogP contribution in [-0.4, -0.2) is 14.8 Å². The third-order valence-corrected chi connectivity index (χ3v) is 6.41. The minimum absolute atomic E-state index is 0.323. The molecule has 2 aromatic heterocycles. The quantitative estimate of drug-likeness (QED) is 0.415. The smallest absolute Gasteiger partial charge is 0.336 e. The van der Waals surface area contributed by atoms with E-state index in [4.69, 9.17) is 4.42 Å². The Labute approximate surface area is 164 Å². The predicted octanol–water partition coefficient (Wildman–Crippen LogP) is 5.25. The van der Waals surface area contributed by atoms with Crippen LogP contribution in [0.15, 0.2) is 43.1 Å². The van der Waals surface area contributed by atoms with E-state index in [1.165, 1.54) is 32.1 Å². The average molecular weight is 434 g/mol. The second-order valence-electron chi connectivity index (χ2n) is 6.71. The van der Waals surface area contributed by atoms with Crippen molar-refractivity contribution in [3.63, 3.8) is 0 Å². The normalized spacial score (nSPS) is 15.6. The summed E-state index contributed by atoms with van der Waals surface area (Å²) in [5.74, 6) is 1.63. The first-order chi connectivity index (χ1) is 12.6. The molecular weight excluding hydrogens is 414 g/mol. The van der Waals surface area contributed by atoms with Crippen LogP contribution in [0.4, 0.5) is 0 Å². The van der Waals surface area contributed by atoms with E-state index in [2.05, 4.69) is 30.7 Å². The highest BCUT2D eigenvalue weighted by Gasteiger charge is 2.21. The zero-order valence-corrected chi connectivity index (χ0v) is 17.0. The van der Waals surface area contributed by atoms with E-state index in [1.807, 2.05) is 25.1 Å². The van der Waals surface area contributed by atoms with Crippen molar-refractivity contribution in [1.29, 1.82) is 0 Å². The van der Waals surface area contributed by atoms with Crippen LogP contribution in [0.3, 0.4) is 0 Å². The molecule has 1 aliphatic rings. The molecule has 0 unspecified atom stereocenters. The van der Waals surface area contributed by atoms with Gasteiger partial charge in [-0.1, -0.05) is 47.0 Å². The van der Waals surface area contributed by atoms with Crippen molar-refractivity contribution in [2.75, 3.05) is 0 Å². The molecule has 0 spiro atoms. The summed E-state index contributed by atoms with van der Waals surface area (Å²) in [6, 6.07) is 7.85. The highest BCUT2D eigenvalue weighted by molar-refractivity contribution is 9.10. The predicted molar refractivity (Wildman–Crippen MR) is 107 cm³/mol. The van der Waals surface area contributed by atoms with Gasteiger partial charge in [-0.2, -0.15) is 0 Å². The van der Waals surface area contributed by atoms with Crippen molar-refractivity contribution in [2.24, 2.45) is 0 Å². The van der Waals surface area contributed by atoms with Gasteiger partial charge in [0.2, 0.25) is 0 Å². The highest BCUT2D eigenvalue weighted by atomic mass is 79.9. The molecule has 0 atom stereocenters. The number of thioether (sulfide) groups is 1. The number of hydrogen-bond acceptors (Lipinski definition) is 5. The molecule has 0 N–H and O–H groups in total. The van der Waals surface area contributed by atoms with Crippen LogP contribution < -0.4 is 5.63 Å². The number of hydrogen-bond donors (Lipinski definition) is 0. The summed E-state index contributed by atoms with van der Waals surface area (Å²) in [5.41, 5.74) is 1.24. The summed E-state index contributed by atoms with van der Waals surface area (Å²) in [4.78, 5) is 11.9. The molecule has 0 radical (unpaired) electrons. The lowest BCUT2D eigenvalue weighted by Crippen LogP contribution is -2.15. The largest absolute Gasteiger partial charge is 0.423 e. The van der Waals surface area contributed by atoms with Gasteiger partial charge < -0.3 is 8.98 Å². The van der Waals surface area contributed by atoms with E-state index in [-0.39, 0.29) is 5.63 Å². The Hall–Kier alpha value is -1.60. The van der Waals surface area contributed by atoms with Crippen LogP contribution in [0.2, 0.25) is 0 Å². The molecule has 0 amide bonds. The number of halogens is 1. The van der Waals surface area contributed by atoms with Crippen molar-refractivity contribution >= 4 is 38.7 Å². The molecule has 0 bridgehead atoms. The molecule has 4 rings (SSSR count). The minimum Gasteiger partial charge on any atom is -0.423 e. The Kier molecular flexibility index (Phi) is 5.18. The van der Waals surface area contributed by atoms with E-state index in [9.17, 15) is 4.79 Å². The van der Waals surface area contributed by atoms with E-state index in [0.29, 0.717) is 17.4 Å². The topological polar surface area (TPSA) is 60.9 Å². The maximum absolute atomic E-state index is 11.9. The van der Waals surface area contributed by atoms with Crippen LogP contribution in [-0.2, 0) is 5.75 Å². The molecule has 26 heavy (non-hydrogen) atoms. The zero-order chi connectivity index (χ0) is 18.1. The minimum atomic E-state index is -0.323. The number of nitrogens with zero attached hydrogens (tertiary/aromatic N) is 3. The first kappa shape index (κ1) is 17.8. The summed E-state index contributed by atoms with van der Waals surface area (Å²) in [6.07, 6.45) is 6.25. The van der Waals surface area contributed by atoms with Gasteiger partial charge >= 0.3 is 5.63 Å². The fourth-order valence-electron chi connectivity index (χ4n) is 3.67. The summed E-state index contributed by atoms with van der Waals surface area (Å²) in [6.45, 7) is 2.02. The molecule has 1 fully saturated rings. The van der Waals surface area contributed by atoms with Crippen LogP contribution in [0.5, 0.6) is 0 Å². The molecule has 2 heterocycles. The Morgan fingerprint density at radius 2 is 2.04 bits per heavy atom. The van der Waals surface area contributed by atoms with Crippen LogP contribution in [0, 0.1) is 6.92 Å². The van der Waals surface area contributed by atoms with Gasteiger partial charge in [0, 0.05) is 27.7 Å². The van der Waals surface area contributed by atoms with Gasteiger partial charge in [-0.05, 0) is 43.5 Å². The Morgan fingerprint density at radius 1 is 1.23 bits per heavy atom. The van der Waals surface area contributed by atoms with E-state index >= 15 is 0 Å². The van der Waals surface area contributed by atoms with Crippen molar-refractivity contribution in [3.8, 4) is 0 Å². The van der Waals surface area contributed by atoms with Crippen molar-refractivity contribution in [3.05, 3.63) is 50.5 Å². The Morgan fingerprint density at radius 3 is 2.85 bits per heavy atom. The number of aromatic nitrogens is 3. The molecule has 136 valence electrons. The van der Waals surface area contributed by atoms with Crippen molar-refractivity contribution in [1.82, 2.24) is 14.8 Å². The van der Waals surface area contributed by atoms with Gasteiger partial charge in [-0.3, -0.25) is 0 Å². The second-order valence-corrected chi connectivity index (χ2v) is 8.57. The monoisotopic (exact) mass is 433 g/mol. The molecule has 5 nitrogen and oxygen atoms in total. The number of rotatable bonds is 4. The first-order valence-corrected chi connectivity index (χ1v) is 10.7. The van der Waals surface area contributed by atoms with Crippen LogP contribution in [0.1, 0.15) is 49.5 Å². The molecule has 7 heteroatoms. The summed E-state index contributed by atoms with van der Waals surface area (Å²) < 4.78 is 8.51. The SMILES string of the molecule is Cc1nnc(SCc2cc(=O)oc3cc(Br)ccc23)n1C1CCCCC1. The zero-order valence-electron chi connectivity index (χ0n) is 14.6. The number of fused-ring (bicyclic) bond motifs is 1. The third-order valence-electron chi connectivity index (χ3n) is 4.92. The molecule has 0 saturated heterocycles. The van der Waals surface area contributed by atoms with Gasteiger partial charge in [0.15, 0.2) is 5.16 Å². The molecular formula is C19H20BrN3O2S. The van der Waals surface area contributed by atoms with Gasteiger partial charge in [0.25, 0.3) is 0 Å². The van der Waals surface area contributed by atoms with Gasteiger partial charge in [0.1, 0.15) is 11.4 Å². The fraction of sp³-hybridized carbons (Fsp3) is 0.421. The standard InChI is InChI=1S/C19H20BrN3O2S/c1-12-21-22-19(23(12)15-5-3-2-4-6-15)26-11-13-9-18(24)25-17-10-14(20)7-8-16(13)17/h7-10,15H,2-6,11H2,1H3. The maximum atomic E-state index is 11.9. The van der Waals surface area contributed by atoms with E-state index in [0.717, 1.165) is 26.4 Å². The van der Waals surface area contributed by atoms with Crippen LogP contribution in [0.25, 0.3) is 11.0 Å². The lowest BCUT2D eigenvalue weighted by atomic mass is 9.95. The molecule has 1 saturated carbocycles. The van der Waals surface area contributed by atoms with Crippen molar-refractivity contribution in [2.45, 2.75) is 56.0 Å².